The Hall–Kier alpha value is -1.09. The quantitative estimate of drug-likeness (QED) is 0.689. The highest BCUT2D eigenvalue weighted by atomic mass is 16.3. The van der Waals surface area contributed by atoms with Crippen molar-refractivity contribution in [1.29, 1.82) is 0 Å². The van der Waals surface area contributed by atoms with Gasteiger partial charge >= 0.3 is 0 Å². The van der Waals surface area contributed by atoms with Gasteiger partial charge in [0, 0.05) is 5.92 Å². The van der Waals surface area contributed by atoms with Crippen LogP contribution in [0.1, 0.15) is 44.7 Å². The van der Waals surface area contributed by atoms with Gasteiger partial charge in [-0.05, 0) is 12.1 Å². The fraction of sp³-hybridized carbons (Fsp3) is 0.545. The molecule has 0 bridgehead atoms. The van der Waals surface area contributed by atoms with Gasteiger partial charge in [-0.3, -0.25) is 4.79 Å². The molecule has 0 aromatic carbocycles. The largest absolute Gasteiger partial charge is 0.461 e. The van der Waals surface area contributed by atoms with Gasteiger partial charge in [-0.1, -0.05) is 34.1 Å². The Labute approximate surface area is 85.4 Å². The number of ketones is 1. The van der Waals surface area contributed by atoms with Crippen LogP contribution in [0.5, 0.6) is 0 Å². The summed E-state index contributed by atoms with van der Waals surface area (Å²) in [6.45, 7) is 7.95. The van der Waals surface area contributed by atoms with Crippen LogP contribution in [-0.4, -0.2) is 11.3 Å². The third-order valence-electron chi connectivity index (χ3n) is 1.29. The minimum absolute atomic E-state index is 0. The lowest BCUT2D eigenvalue weighted by molar-refractivity contribution is 0.0911. The number of hydrogen-bond acceptors (Lipinski definition) is 2. The van der Waals surface area contributed by atoms with Crippen molar-refractivity contribution in [2.24, 2.45) is 5.92 Å². The minimum Gasteiger partial charge on any atom is -0.461 e. The highest BCUT2D eigenvalue weighted by molar-refractivity contribution is 5.94. The summed E-state index contributed by atoms with van der Waals surface area (Å²) >= 11 is 0. The smallest absolute Gasteiger partial charge is 0.200 e. The van der Waals surface area contributed by atoms with Crippen LogP contribution < -0.4 is 0 Å². The summed E-state index contributed by atoms with van der Waals surface area (Å²) in [5.41, 5.74) is 0. The summed E-state index contributed by atoms with van der Waals surface area (Å²) < 4.78 is 4.91. The first-order chi connectivity index (χ1) is 6.13. The lowest BCUT2D eigenvalue weighted by atomic mass is 10.1. The summed E-state index contributed by atoms with van der Waals surface area (Å²) in [4.78, 5) is 11.1. The SMILES string of the molecule is CC(C)C(=O)c1ccco1.CCC.O. The van der Waals surface area contributed by atoms with Crippen molar-refractivity contribution >= 4 is 5.78 Å². The van der Waals surface area contributed by atoms with E-state index in [1.54, 1.807) is 12.1 Å². The van der Waals surface area contributed by atoms with Gasteiger partial charge in [0.25, 0.3) is 0 Å². The molecule has 0 aliphatic carbocycles. The summed E-state index contributed by atoms with van der Waals surface area (Å²) in [7, 11) is 0. The topological polar surface area (TPSA) is 61.7 Å². The van der Waals surface area contributed by atoms with Crippen LogP contribution >= 0.6 is 0 Å². The summed E-state index contributed by atoms with van der Waals surface area (Å²) in [5.74, 6) is 0.533. The molecular weight excluding hydrogens is 180 g/mol. The molecule has 3 nitrogen and oxygen atoms in total. The van der Waals surface area contributed by atoms with E-state index in [1.165, 1.54) is 12.7 Å². The number of furan rings is 1. The van der Waals surface area contributed by atoms with Crippen molar-refractivity contribution in [3.8, 4) is 0 Å². The van der Waals surface area contributed by atoms with Crippen molar-refractivity contribution < 1.29 is 14.7 Å². The molecule has 0 spiro atoms. The maximum Gasteiger partial charge on any atom is 0.200 e. The zero-order valence-electron chi connectivity index (χ0n) is 9.33. The molecule has 0 unspecified atom stereocenters. The lowest BCUT2D eigenvalue weighted by Gasteiger charge is -1.97. The third-order valence-corrected chi connectivity index (χ3v) is 1.29. The first-order valence-corrected chi connectivity index (χ1v) is 4.71. The number of carbonyl (C=O) groups excluding carboxylic acids is 1. The molecule has 1 heterocycles. The molecule has 0 atom stereocenters. The van der Waals surface area contributed by atoms with Crippen molar-refractivity contribution in [2.45, 2.75) is 34.1 Å². The highest BCUT2D eigenvalue weighted by Gasteiger charge is 2.11. The Morgan fingerprint density at radius 1 is 1.43 bits per heavy atom. The average Bonchev–Trinajstić information content (AvgIpc) is 2.56. The Morgan fingerprint density at radius 2 is 1.93 bits per heavy atom. The molecule has 0 amide bonds. The van der Waals surface area contributed by atoms with Gasteiger partial charge in [-0.25, -0.2) is 0 Å². The second-order valence-corrected chi connectivity index (χ2v) is 3.20. The second kappa shape index (κ2) is 8.51. The van der Waals surface area contributed by atoms with Gasteiger partial charge < -0.3 is 9.89 Å². The Kier molecular flexibility index (Phi) is 9.35. The van der Waals surface area contributed by atoms with Crippen molar-refractivity contribution in [1.82, 2.24) is 0 Å². The van der Waals surface area contributed by atoms with E-state index in [9.17, 15) is 4.79 Å². The molecule has 1 aromatic rings. The number of Topliss-reactive ketones (excluding diaryl/α,β-unsaturated/α-hetero) is 1. The maximum absolute atomic E-state index is 11.1. The molecule has 1 rings (SSSR count). The molecule has 0 saturated carbocycles. The summed E-state index contributed by atoms with van der Waals surface area (Å²) in [6, 6.07) is 3.40. The Morgan fingerprint density at radius 3 is 2.21 bits per heavy atom. The van der Waals surface area contributed by atoms with Crippen molar-refractivity contribution in [3.63, 3.8) is 0 Å². The molecule has 0 aliphatic heterocycles. The number of hydrogen-bond donors (Lipinski definition) is 0. The highest BCUT2D eigenvalue weighted by Crippen LogP contribution is 2.07. The van der Waals surface area contributed by atoms with E-state index in [0.717, 1.165) is 0 Å². The molecule has 0 aliphatic rings. The van der Waals surface area contributed by atoms with E-state index >= 15 is 0 Å². The van der Waals surface area contributed by atoms with Crippen LogP contribution in [0.25, 0.3) is 0 Å². The second-order valence-electron chi connectivity index (χ2n) is 3.20. The van der Waals surface area contributed by atoms with Crippen LogP contribution in [0.15, 0.2) is 22.8 Å². The Balaban J connectivity index is 0. The van der Waals surface area contributed by atoms with Crippen LogP contribution in [0.4, 0.5) is 0 Å². The van der Waals surface area contributed by atoms with Crippen LogP contribution in [0.2, 0.25) is 0 Å². The molecule has 14 heavy (non-hydrogen) atoms. The predicted molar refractivity (Wildman–Crippen MR) is 57.5 cm³/mol. The monoisotopic (exact) mass is 200 g/mol. The van der Waals surface area contributed by atoms with Crippen LogP contribution in [0.3, 0.4) is 0 Å². The average molecular weight is 200 g/mol. The van der Waals surface area contributed by atoms with E-state index < -0.39 is 0 Å². The fourth-order valence-corrected chi connectivity index (χ4v) is 0.703. The van der Waals surface area contributed by atoms with E-state index in [4.69, 9.17) is 4.42 Å². The Bertz CT molecular complexity index is 225. The molecule has 0 saturated heterocycles. The molecular formula is C11H20O3. The van der Waals surface area contributed by atoms with E-state index in [1.807, 2.05) is 13.8 Å². The molecule has 0 radical (unpaired) electrons. The van der Waals surface area contributed by atoms with Gasteiger partial charge in [0.1, 0.15) is 0 Å². The molecule has 3 heteroatoms. The van der Waals surface area contributed by atoms with Crippen LogP contribution in [-0.2, 0) is 0 Å². The number of rotatable bonds is 2. The van der Waals surface area contributed by atoms with Gasteiger partial charge in [0.2, 0.25) is 0 Å². The van der Waals surface area contributed by atoms with Gasteiger partial charge in [0.05, 0.1) is 6.26 Å². The fourth-order valence-electron chi connectivity index (χ4n) is 0.703. The van der Waals surface area contributed by atoms with E-state index in [2.05, 4.69) is 13.8 Å². The first kappa shape index (κ1) is 15.4. The number of carbonyl (C=O) groups is 1. The summed E-state index contributed by atoms with van der Waals surface area (Å²) in [6.07, 6.45) is 2.76. The van der Waals surface area contributed by atoms with Gasteiger partial charge in [-0.2, -0.15) is 0 Å². The normalized spacial score (nSPS) is 8.64. The van der Waals surface area contributed by atoms with Gasteiger partial charge in [-0.15, -0.1) is 0 Å². The zero-order valence-corrected chi connectivity index (χ0v) is 9.33. The van der Waals surface area contributed by atoms with E-state index in [-0.39, 0.29) is 17.2 Å². The maximum atomic E-state index is 11.1. The molecule has 82 valence electrons. The molecule has 1 aromatic heterocycles. The third kappa shape index (κ3) is 5.54. The molecule has 0 fully saturated rings. The minimum atomic E-state index is 0. The predicted octanol–water partition coefficient (Wildman–Crippen LogP) is 2.71. The van der Waals surface area contributed by atoms with Gasteiger partial charge in [0.15, 0.2) is 11.5 Å². The standard InChI is InChI=1S/C8H10O2.C3H8.H2O/c1-6(2)8(9)7-4-3-5-10-7;1-3-2;/h3-6H,1-2H3;3H2,1-2H3;1H2. The first-order valence-electron chi connectivity index (χ1n) is 4.71. The van der Waals surface area contributed by atoms with Crippen LogP contribution in [0, 0.1) is 5.92 Å². The van der Waals surface area contributed by atoms with E-state index in [0.29, 0.717) is 5.76 Å². The lowest BCUT2D eigenvalue weighted by Crippen LogP contribution is -2.05. The molecule has 2 N–H and O–H groups in total. The van der Waals surface area contributed by atoms with Crippen molar-refractivity contribution in [2.75, 3.05) is 0 Å². The summed E-state index contributed by atoms with van der Waals surface area (Å²) in [5, 5.41) is 0. The zero-order chi connectivity index (χ0) is 10.3. The van der Waals surface area contributed by atoms with Crippen molar-refractivity contribution in [3.05, 3.63) is 24.2 Å².